The van der Waals surface area contributed by atoms with E-state index in [-0.39, 0.29) is 42.3 Å². The molecule has 0 unspecified atom stereocenters. The van der Waals surface area contributed by atoms with E-state index in [4.69, 9.17) is 5.11 Å². The number of fused-ring (bicyclic) bond motifs is 2. The molecule has 2 N–H and O–H groups in total. The third kappa shape index (κ3) is 3.52. The smallest absolute Gasteiger partial charge is 0.229 e. The molecule has 1 aliphatic carbocycles. The minimum absolute atomic E-state index is 0.00409. The number of aliphatic hydroxyl groups is 1. The summed E-state index contributed by atoms with van der Waals surface area (Å²) in [4.78, 5) is 25.0. The predicted octanol–water partition coefficient (Wildman–Crippen LogP) is 1.14. The van der Waals surface area contributed by atoms with Crippen LogP contribution in [0.15, 0.2) is 18.6 Å². The van der Waals surface area contributed by atoms with Crippen molar-refractivity contribution in [2.45, 2.75) is 44.3 Å². The largest absolute Gasteiger partial charge is 0.394 e. The van der Waals surface area contributed by atoms with Crippen LogP contribution in [0.4, 0.5) is 21.8 Å². The Bertz CT molecular complexity index is 902. The molecule has 2 atom stereocenters. The van der Waals surface area contributed by atoms with Crippen molar-refractivity contribution < 1.29 is 14.3 Å². The molecule has 2 aromatic rings. The molecule has 3 aliphatic rings. The lowest BCUT2D eigenvalue weighted by Gasteiger charge is -2.41. The summed E-state index contributed by atoms with van der Waals surface area (Å²) in [7, 11) is 0. The van der Waals surface area contributed by atoms with E-state index >= 15 is 0 Å². The molecule has 2 aliphatic heterocycles. The van der Waals surface area contributed by atoms with Gasteiger partial charge in [0.25, 0.3) is 0 Å². The van der Waals surface area contributed by atoms with Crippen LogP contribution in [0.5, 0.6) is 0 Å². The molecular weight excluding hydrogens is 377 g/mol. The number of hydrogen-bond acceptors (Lipinski definition) is 7. The summed E-state index contributed by atoms with van der Waals surface area (Å²) in [5, 5.41) is 16.1. The van der Waals surface area contributed by atoms with Gasteiger partial charge in [-0.1, -0.05) is 0 Å². The van der Waals surface area contributed by atoms with E-state index in [0.717, 1.165) is 25.7 Å². The number of carbonyl (C=O) groups is 1. The highest BCUT2D eigenvalue weighted by molar-refractivity contribution is 5.82. The monoisotopic (exact) mass is 401 g/mol. The van der Waals surface area contributed by atoms with Crippen LogP contribution in [0.2, 0.25) is 0 Å². The van der Waals surface area contributed by atoms with Crippen molar-refractivity contribution in [1.82, 2.24) is 24.6 Å². The average Bonchev–Trinajstić information content (AvgIpc) is 3.42. The summed E-state index contributed by atoms with van der Waals surface area (Å²) in [6.07, 6.45) is 8.43. The molecule has 4 heterocycles. The lowest BCUT2D eigenvalue weighted by molar-refractivity contribution is -0.135. The SMILES string of the molecule is O=C(C1CC1)N1[C@@H]2CC[C@@H]1CN(c1nc(Nc3cnn(CCO)c3)ncc1F)C2. The second kappa shape index (κ2) is 7.25. The first-order valence-electron chi connectivity index (χ1n) is 10.1. The van der Waals surface area contributed by atoms with Crippen molar-refractivity contribution in [1.29, 1.82) is 0 Å². The number of anilines is 3. The highest BCUT2D eigenvalue weighted by Gasteiger charge is 2.47. The topological polar surface area (TPSA) is 99.4 Å². The molecule has 2 saturated heterocycles. The molecule has 0 radical (unpaired) electrons. The highest BCUT2D eigenvalue weighted by atomic mass is 19.1. The van der Waals surface area contributed by atoms with E-state index in [1.54, 1.807) is 17.1 Å². The Kier molecular flexibility index (Phi) is 4.57. The van der Waals surface area contributed by atoms with E-state index in [9.17, 15) is 9.18 Å². The van der Waals surface area contributed by atoms with Crippen molar-refractivity contribution in [3.8, 4) is 0 Å². The summed E-state index contributed by atoms with van der Waals surface area (Å²) in [5.41, 5.74) is 0.663. The fourth-order valence-corrected chi connectivity index (χ4v) is 4.40. The van der Waals surface area contributed by atoms with Crippen LogP contribution >= 0.6 is 0 Å². The highest BCUT2D eigenvalue weighted by Crippen LogP contribution is 2.39. The van der Waals surface area contributed by atoms with Gasteiger partial charge in [-0.15, -0.1) is 0 Å². The summed E-state index contributed by atoms with van der Waals surface area (Å²) in [6.45, 7) is 1.58. The number of hydrogen-bond donors (Lipinski definition) is 2. The van der Waals surface area contributed by atoms with Crippen LogP contribution in [0.25, 0.3) is 0 Å². The zero-order valence-electron chi connectivity index (χ0n) is 16.0. The van der Waals surface area contributed by atoms with Crippen molar-refractivity contribution in [2.75, 3.05) is 29.9 Å². The Hall–Kier alpha value is -2.75. The van der Waals surface area contributed by atoms with Crippen LogP contribution in [0.3, 0.4) is 0 Å². The summed E-state index contributed by atoms with van der Waals surface area (Å²) >= 11 is 0. The number of halogens is 1. The van der Waals surface area contributed by atoms with Gasteiger partial charge in [0.05, 0.1) is 31.2 Å². The normalized spacial score (nSPS) is 23.5. The summed E-state index contributed by atoms with van der Waals surface area (Å²) in [5.74, 6) is 0.577. The third-order valence-electron chi connectivity index (χ3n) is 5.91. The Morgan fingerprint density at radius 2 is 1.97 bits per heavy atom. The van der Waals surface area contributed by atoms with Gasteiger partial charge in [0, 0.05) is 37.3 Å². The van der Waals surface area contributed by atoms with Gasteiger partial charge in [-0.3, -0.25) is 9.48 Å². The second-order valence-electron chi connectivity index (χ2n) is 8.02. The van der Waals surface area contributed by atoms with Crippen molar-refractivity contribution in [3.05, 3.63) is 24.4 Å². The number of carbonyl (C=O) groups excluding carboxylic acids is 1. The van der Waals surface area contributed by atoms with Gasteiger partial charge in [0.1, 0.15) is 0 Å². The predicted molar refractivity (Wildman–Crippen MR) is 103 cm³/mol. The fourth-order valence-electron chi connectivity index (χ4n) is 4.40. The van der Waals surface area contributed by atoms with Gasteiger partial charge in [-0.2, -0.15) is 10.1 Å². The van der Waals surface area contributed by atoms with E-state index in [2.05, 4.69) is 25.3 Å². The lowest BCUT2D eigenvalue weighted by atomic mass is 10.1. The van der Waals surface area contributed by atoms with Crippen LogP contribution in [0, 0.1) is 11.7 Å². The molecular formula is C19H24FN7O2. The second-order valence-corrected chi connectivity index (χ2v) is 8.02. The minimum Gasteiger partial charge on any atom is -0.394 e. The Morgan fingerprint density at radius 3 is 2.66 bits per heavy atom. The van der Waals surface area contributed by atoms with Crippen molar-refractivity contribution in [3.63, 3.8) is 0 Å². The molecule has 0 aromatic carbocycles. The molecule has 3 fully saturated rings. The molecule has 5 rings (SSSR count). The zero-order valence-corrected chi connectivity index (χ0v) is 16.0. The maximum Gasteiger partial charge on any atom is 0.229 e. The standard InChI is InChI=1S/C19H24FN7O2/c20-16-8-21-19(23-13-7-22-26(9-13)5-6-28)24-17(16)25-10-14-3-4-15(11-25)27(14)18(29)12-1-2-12/h7-9,12,14-15,28H,1-6,10-11H2,(H,21,23,24)/t14-,15-/m1/s1. The molecule has 1 amide bonds. The molecule has 2 bridgehead atoms. The number of nitrogens with one attached hydrogen (secondary N) is 1. The molecule has 154 valence electrons. The molecule has 0 spiro atoms. The molecule has 10 heteroatoms. The number of rotatable bonds is 6. The van der Waals surface area contributed by atoms with E-state index < -0.39 is 5.82 Å². The van der Waals surface area contributed by atoms with Crippen molar-refractivity contribution in [2.24, 2.45) is 5.92 Å². The van der Waals surface area contributed by atoms with E-state index in [0.29, 0.717) is 25.3 Å². The van der Waals surface area contributed by atoms with Crippen molar-refractivity contribution >= 4 is 23.4 Å². The van der Waals surface area contributed by atoms with Crippen LogP contribution in [-0.4, -0.2) is 67.4 Å². The Balaban J connectivity index is 1.32. The number of piperazine rings is 1. The number of amides is 1. The molecule has 29 heavy (non-hydrogen) atoms. The summed E-state index contributed by atoms with van der Waals surface area (Å²) < 4.78 is 16.1. The number of aliphatic hydroxyl groups excluding tert-OH is 1. The first-order valence-corrected chi connectivity index (χ1v) is 10.1. The molecule has 9 nitrogen and oxygen atoms in total. The summed E-state index contributed by atoms with van der Waals surface area (Å²) in [6, 6.07) is 0.258. The average molecular weight is 401 g/mol. The van der Waals surface area contributed by atoms with Crippen LogP contribution in [0.1, 0.15) is 25.7 Å². The number of nitrogens with zero attached hydrogens (tertiary/aromatic N) is 6. The van der Waals surface area contributed by atoms with Gasteiger partial charge >= 0.3 is 0 Å². The zero-order chi connectivity index (χ0) is 20.0. The van der Waals surface area contributed by atoms with Gasteiger partial charge < -0.3 is 20.2 Å². The third-order valence-corrected chi connectivity index (χ3v) is 5.91. The van der Waals surface area contributed by atoms with Crippen LogP contribution < -0.4 is 10.2 Å². The first-order chi connectivity index (χ1) is 14.1. The van der Waals surface area contributed by atoms with Gasteiger partial charge in [-0.25, -0.2) is 9.37 Å². The van der Waals surface area contributed by atoms with Gasteiger partial charge in [-0.05, 0) is 25.7 Å². The maximum absolute atomic E-state index is 14.5. The lowest BCUT2D eigenvalue weighted by Crippen LogP contribution is -2.56. The molecule has 1 saturated carbocycles. The van der Waals surface area contributed by atoms with Gasteiger partial charge in [0.2, 0.25) is 11.9 Å². The Morgan fingerprint density at radius 1 is 1.21 bits per heavy atom. The maximum atomic E-state index is 14.5. The molecule has 2 aromatic heterocycles. The van der Waals surface area contributed by atoms with Crippen LogP contribution in [-0.2, 0) is 11.3 Å². The van der Waals surface area contributed by atoms with E-state index in [1.807, 2.05) is 4.90 Å². The van der Waals surface area contributed by atoms with Gasteiger partial charge in [0.15, 0.2) is 11.6 Å². The minimum atomic E-state index is -0.465. The first kappa shape index (κ1) is 18.3. The quantitative estimate of drug-likeness (QED) is 0.749. The fraction of sp³-hybridized carbons (Fsp3) is 0.579. The van der Waals surface area contributed by atoms with E-state index in [1.165, 1.54) is 6.20 Å². The number of aromatic nitrogens is 4. The Labute approximate surface area is 167 Å².